The fourth-order valence-electron chi connectivity index (χ4n) is 2.76. The Morgan fingerprint density at radius 2 is 2.22 bits per heavy atom. The SMILES string of the molecule is CCCNC(=O)CN1CCC(c2nnc(-c3ccoc3)o2)CC1. The van der Waals surface area contributed by atoms with Crippen LogP contribution in [0.4, 0.5) is 0 Å². The van der Waals surface area contributed by atoms with Crippen molar-refractivity contribution in [1.29, 1.82) is 0 Å². The number of likely N-dealkylation sites (tertiary alicyclic amines) is 1. The number of aromatic nitrogens is 2. The van der Waals surface area contributed by atoms with Gasteiger partial charge < -0.3 is 14.2 Å². The molecule has 23 heavy (non-hydrogen) atoms. The maximum absolute atomic E-state index is 11.8. The van der Waals surface area contributed by atoms with Crippen LogP contribution in [0.5, 0.6) is 0 Å². The second kappa shape index (κ2) is 7.41. The van der Waals surface area contributed by atoms with E-state index in [-0.39, 0.29) is 11.8 Å². The van der Waals surface area contributed by atoms with Crippen molar-refractivity contribution in [2.45, 2.75) is 32.1 Å². The minimum atomic E-state index is 0.102. The van der Waals surface area contributed by atoms with E-state index in [1.807, 2.05) is 6.92 Å². The van der Waals surface area contributed by atoms with Crippen LogP contribution in [0.25, 0.3) is 11.5 Å². The molecule has 3 heterocycles. The van der Waals surface area contributed by atoms with Gasteiger partial charge in [0.25, 0.3) is 5.89 Å². The molecule has 7 heteroatoms. The van der Waals surface area contributed by atoms with E-state index in [4.69, 9.17) is 8.83 Å². The Morgan fingerprint density at radius 1 is 1.39 bits per heavy atom. The van der Waals surface area contributed by atoms with Gasteiger partial charge in [0, 0.05) is 12.5 Å². The molecule has 0 aliphatic carbocycles. The number of nitrogens with one attached hydrogen (secondary N) is 1. The van der Waals surface area contributed by atoms with Gasteiger partial charge in [-0.2, -0.15) is 0 Å². The molecule has 0 radical (unpaired) electrons. The molecule has 1 aliphatic heterocycles. The number of carbonyl (C=O) groups is 1. The zero-order valence-electron chi connectivity index (χ0n) is 13.3. The predicted octanol–water partition coefficient (Wildman–Crippen LogP) is 2.04. The van der Waals surface area contributed by atoms with E-state index < -0.39 is 0 Å². The normalized spacial score (nSPS) is 16.6. The van der Waals surface area contributed by atoms with Crippen LogP contribution in [-0.2, 0) is 4.79 Å². The number of amides is 1. The van der Waals surface area contributed by atoms with E-state index in [2.05, 4.69) is 20.4 Å². The quantitative estimate of drug-likeness (QED) is 0.877. The highest BCUT2D eigenvalue weighted by Gasteiger charge is 2.26. The predicted molar refractivity (Wildman–Crippen MR) is 83.7 cm³/mol. The zero-order chi connectivity index (χ0) is 16.1. The van der Waals surface area contributed by atoms with Crippen molar-refractivity contribution in [3.63, 3.8) is 0 Å². The average molecular weight is 318 g/mol. The Labute approximate surface area is 135 Å². The van der Waals surface area contributed by atoms with Gasteiger partial charge in [0.05, 0.1) is 18.4 Å². The molecule has 1 N–H and O–H groups in total. The van der Waals surface area contributed by atoms with Crippen molar-refractivity contribution in [2.24, 2.45) is 0 Å². The lowest BCUT2D eigenvalue weighted by atomic mass is 9.97. The molecular weight excluding hydrogens is 296 g/mol. The standard InChI is InChI=1S/C16H22N4O3/c1-2-6-17-14(21)10-20-7-3-12(4-8-20)15-18-19-16(23-15)13-5-9-22-11-13/h5,9,11-12H,2-4,6-8,10H2,1H3,(H,17,21). The average Bonchev–Trinajstić information content (AvgIpc) is 3.24. The minimum Gasteiger partial charge on any atom is -0.472 e. The van der Waals surface area contributed by atoms with Gasteiger partial charge in [-0.3, -0.25) is 9.69 Å². The Hall–Kier alpha value is -2.15. The molecule has 0 bridgehead atoms. The number of nitrogens with zero attached hydrogens (tertiary/aromatic N) is 3. The first-order valence-electron chi connectivity index (χ1n) is 8.11. The second-order valence-electron chi connectivity index (χ2n) is 5.86. The largest absolute Gasteiger partial charge is 0.472 e. The lowest BCUT2D eigenvalue weighted by molar-refractivity contribution is -0.122. The summed E-state index contributed by atoms with van der Waals surface area (Å²) in [5.74, 6) is 1.54. The topological polar surface area (TPSA) is 84.4 Å². The molecule has 7 nitrogen and oxygen atoms in total. The van der Waals surface area contributed by atoms with E-state index in [1.54, 1.807) is 18.6 Å². The number of hydrogen-bond acceptors (Lipinski definition) is 6. The van der Waals surface area contributed by atoms with Gasteiger partial charge in [0.15, 0.2) is 0 Å². The van der Waals surface area contributed by atoms with Gasteiger partial charge >= 0.3 is 0 Å². The van der Waals surface area contributed by atoms with Crippen LogP contribution in [0.1, 0.15) is 38.0 Å². The lowest BCUT2D eigenvalue weighted by Gasteiger charge is -2.29. The smallest absolute Gasteiger partial charge is 0.250 e. The molecule has 124 valence electrons. The maximum Gasteiger partial charge on any atom is 0.250 e. The molecule has 0 spiro atoms. The van der Waals surface area contributed by atoms with Crippen LogP contribution in [0.2, 0.25) is 0 Å². The highest BCUT2D eigenvalue weighted by Crippen LogP contribution is 2.29. The third-order valence-corrected chi connectivity index (χ3v) is 4.08. The summed E-state index contributed by atoms with van der Waals surface area (Å²) < 4.78 is 10.8. The van der Waals surface area contributed by atoms with E-state index in [9.17, 15) is 4.79 Å². The van der Waals surface area contributed by atoms with Crippen molar-refractivity contribution < 1.29 is 13.6 Å². The highest BCUT2D eigenvalue weighted by atomic mass is 16.4. The van der Waals surface area contributed by atoms with Crippen LogP contribution in [0.3, 0.4) is 0 Å². The minimum absolute atomic E-state index is 0.102. The van der Waals surface area contributed by atoms with Gasteiger partial charge in [-0.1, -0.05) is 6.92 Å². The van der Waals surface area contributed by atoms with Gasteiger partial charge in [-0.05, 0) is 38.4 Å². The number of piperidine rings is 1. The molecule has 0 aromatic carbocycles. The molecule has 1 saturated heterocycles. The van der Waals surface area contributed by atoms with E-state index in [0.29, 0.717) is 18.3 Å². The summed E-state index contributed by atoms with van der Waals surface area (Å²) in [7, 11) is 0. The molecule has 1 fully saturated rings. The van der Waals surface area contributed by atoms with Crippen molar-refractivity contribution in [3.8, 4) is 11.5 Å². The Morgan fingerprint density at radius 3 is 2.91 bits per heavy atom. The number of rotatable bonds is 6. The molecule has 0 unspecified atom stereocenters. The van der Waals surface area contributed by atoms with Crippen LogP contribution in [0.15, 0.2) is 27.4 Å². The molecule has 3 rings (SSSR count). The lowest BCUT2D eigenvalue weighted by Crippen LogP contribution is -2.41. The number of carbonyl (C=O) groups excluding carboxylic acids is 1. The molecule has 1 amide bonds. The van der Waals surface area contributed by atoms with Crippen LogP contribution in [0, 0.1) is 0 Å². The number of hydrogen-bond donors (Lipinski definition) is 1. The maximum atomic E-state index is 11.8. The van der Waals surface area contributed by atoms with E-state index in [1.165, 1.54) is 0 Å². The molecule has 0 atom stereocenters. The third-order valence-electron chi connectivity index (χ3n) is 4.08. The fraction of sp³-hybridized carbons (Fsp3) is 0.562. The van der Waals surface area contributed by atoms with Crippen LogP contribution < -0.4 is 5.32 Å². The van der Waals surface area contributed by atoms with Gasteiger partial charge in [0.1, 0.15) is 6.26 Å². The summed E-state index contributed by atoms with van der Waals surface area (Å²) in [6.45, 7) is 5.00. The van der Waals surface area contributed by atoms with Crippen LogP contribution >= 0.6 is 0 Å². The van der Waals surface area contributed by atoms with Crippen molar-refractivity contribution in [2.75, 3.05) is 26.2 Å². The summed E-state index contributed by atoms with van der Waals surface area (Å²) in [6.07, 6.45) is 5.99. The first-order valence-corrected chi connectivity index (χ1v) is 8.11. The summed E-state index contributed by atoms with van der Waals surface area (Å²) >= 11 is 0. The molecule has 0 saturated carbocycles. The Bertz CT molecular complexity index is 615. The summed E-state index contributed by atoms with van der Waals surface area (Å²) in [4.78, 5) is 13.9. The van der Waals surface area contributed by atoms with Crippen molar-refractivity contribution >= 4 is 5.91 Å². The third kappa shape index (κ3) is 3.98. The Balaban J connectivity index is 1.50. The van der Waals surface area contributed by atoms with E-state index >= 15 is 0 Å². The van der Waals surface area contributed by atoms with Crippen molar-refractivity contribution in [1.82, 2.24) is 20.4 Å². The summed E-state index contributed by atoms with van der Waals surface area (Å²) in [6, 6.07) is 1.80. The van der Waals surface area contributed by atoms with Crippen LogP contribution in [-0.4, -0.2) is 47.2 Å². The first-order chi connectivity index (χ1) is 11.3. The van der Waals surface area contributed by atoms with Gasteiger partial charge in [-0.25, -0.2) is 0 Å². The summed E-state index contributed by atoms with van der Waals surface area (Å²) in [5, 5.41) is 11.2. The highest BCUT2D eigenvalue weighted by molar-refractivity contribution is 5.77. The summed E-state index contributed by atoms with van der Waals surface area (Å²) in [5.41, 5.74) is 0.800. The molecule has 2 aromatic rings. The number of furan rings is 1. The fourth-order valence-corrected chi connectivity index (χ4v) is 2.76. The second-order valence-corrected chi connectivity index (χ2v) is 5.86. The molecular formula is C16H22N4O3. The zero-order valence-corrected chi connectivity index (χ0v) is 13.3. The molecule has 2 aromatic heterocycles. The monoisotopic (exact) mass is 318 g/mol. The van der Waals surface area contributed by atoms with E-state index in [0.717, 1.165) is 44.5 Å². The Kier molecular flexibility index (Phi) is 5.07. The van der Waals surface area contributed by atoms with Gasteiger partial charge in [-0.15, -0.1) is 10.2 Å². The molecule has 1 aliphatic rings. The first kappa shape index (κ1) is 15.7. The van der Waals surface area contributed by atoms with Crippen molar-refractivity contribution in [3.05, 3.63) is 24.5 Å². The van der Waals surface area contributed by atoms with Gasteiger partial charge in [0.2, 0.25) is 11.8 Å².